The lowest BCUT2D eigenvalue weighted by Gasteiger charge is -2.38. The van der Waals surface area contributed by atoms with E-state index in [1.54, 1.807) is 0 Å². The number of nitrogens with two attached hydrogens (primary N) is 1. The van der Waals surface area contributed by atoms with Crippen molar-refractivity contribution in [3.63, 3.8) is 0 Å². The smallest absolute Gasteiger partial charge is 0.239 e. The molecule has 3 atom stereocenters. The Balaban J connectivity index is 0.00000196. The summed E-state index contributed by atoms with van der Waals surface area (Å²) in [5.41, 5.74) is 5.72. The molecule has 1 aliphatic heterocycles. The predicted molar refractivity (Wildman–Crippen MR) is 62.1 cm³/mol. The molecule has 15 heavy (non-hydrogen) atoms. The second kappa shape index (κ2) is 6.30. The van der Waals surface area contributed by atoms with Gasteiger partial charge in [0.1, 0.15) is 0 Å². The van der Waals surface area contributed by atoms with E-state index in [0.29, 0.717) is 19.6 Å². The third-order valence-corrected chi connectivity index (χ3v) is 2.65. The summed E-state index contributed by atoms with van der Waals surface area (Å²) in [6.07, 6.45) is 0.816. The van der Waals surface area contributed by atoms with Gasteiger partial charge in [-0.15, -0.1) is 12.4 Å². The first-order chi connectivity index (χ1) is 6.56. The Hall–Kier alpha value is -0.320. The largest absolute Gasteiger partial charge is 0.375 e. The van der Waals surface area contributed by atoms with Crippen molar-refractivity contribution >= 4 is 18.3 Å². The monoisotopic (exact) mass is 236 g/mol. The Labute approximate surface area is 97.5 Å². The average Bonchev–Trinajstić information content (AvgIpc) is 2.19. The number of carbonyl (C=O) groups excluding carboxylic acids is 1. The highest BCUT2D eigenvalue weighted by Gasteiger charge is 2.29. The van der Waals surface area contributed by atoms with Crippen LogP contribution in [0, 0.1) is 0 Å². The molecule has 0 aromatic carbocycles. The fraction of sp³-hybridized carbons (Fsp3) is 0.900. The van der Waals surface area contributed by atoms with Crippen molar-refractivity contribution in [2.45, 2.75) is 45.4 Å². The lowest BCUT2D eigenvalue weighted by Crippen LogP contribution is -2.54. The molecule has 2 N–H and O–H groups in total. The molecule has 5 heteroatoms. The maximum atomic E-state index is 11.8. The van der Waals surface area contributed by atoms with Crippen molar-refractivity contribution in [1.82, 2.24) is 4.90 Å². The molecule has 4 nitrogen and oxygen atoms in total. The Kier molecular flexibility index (Phi) is 6.17. The van der Waals surface area contributed by atoms with Gasteiger partial charge in [-0.05, 0) is 20.3 Å². The molecule has 0 radical (unpaired) electrons. The van der Waals surface area contributed by atoms with Crippen molar-refractivity contribution in [2.75, 3.05) is 13.2 Å². The highest BCUT2D eigenvalue weighted by Crippen LogP contribution is 2.12. The van der Waals surface area contributed by atoms with Crippen LogP contribution in [-0.2, 0) is 9.53 Å². The fourth-order valence-corrected chi connectivity index (χ4v) is 1.60. The minimum Gasteiger partial charge on any atom is -0.375 e. The molecule has 1 saturated heterocycles. The van der Waals surface area contributed by atoms with Crippen molar-refractivity contribution < 1.29 is 9.53 Å². The highest BCUT2D eigenvalue weighted by atomic mass is 35.5. The number of nitrogens with zero attached hydrogens (tertiary/aromatic N) is 1. The Bertz CT molecular complexity index is 214. The zero-order valence-corrected chi connectivity index (χ0v) is 10.4. The number of amides is 1. The number of halogens is 1. The van der Waals surface area contributed by atoms with Gasteiger partial charge < -0.3 is 15.4 Å². The van der Waals surface area contributed by atoms with Crippen LogP contribution < -0.4 is 5.73 Å². The van der Waals surface area contributed by atoms with Crippen LogP contribution in [0.15, 0.2) is 0 Å². The van der Waals surface area contributed by atoms with E-state index in [4.69, 9.17) is 10.5 Å². The standard InChI is InChI=1S/C10H20N2O2.ClH/c1-4-9(11)10(13)12-5-8(3)14-6-7(12)2;/h7-9H,4-6,11H2,1-3H3;1H/t7?,8?,9-;/m0./s1. The van der Waals surface area contributed by atoms with Crippen molar-refractivity contribution in [3.8, 4) is 0 Å². The van der Waals surface area contributed by atoms with Crippen LogP contribution in [0.2, 0.25) is 0 Å². The number of rotatable bonds is 2. The first-order valence-electron chi connectivity index (χ1n) is 5.24. The number of morpholine rings is 1. The molecule has 1 amide bonds. The van der Waals surface area contributed by atoms with E-state index in [2.05, 4.69) is 0 Å². The van der Waals surface area contributed by atoms with E-state index in [1.165, 1.54) is 0 Å². The van der Waals surface area contributed by atoms with E-state index >= 15 is 0 Å². The minimum atomic E-state index is -0.359. The lowest BCUT2D eigenvalue weighted by molar-refractivity contribution is -0.144. The van der Waals surface area contributed by atoms with Crippen molar-refractivity contribution in [2.24, 2.45) is 5.73 Å². The molecule has 1 aliphatic rings. The molecular weight excluding hydrogens is 216 g/mol. The van der Waals surface area contributed by atoms with Gasteiger partial charge in [-0.1, -0.05) is 6.92 Å². The SMILES string of the molecule is CC[C@H](N)C(=O)N1CC(C)OCC1C.Cl. The van der Waals surface area contributed by atoms with Gasteiger partial charge in [0.25, 0.3) is 0 Å². The molecule has 1 heterocycles. The normalized spacial score (nSPS) is 28.1. The maximum Gasteiger partial charge on any atom is 0.239 e. The summed E-state index contributed by atoms with van der Waals surface area (Å²) in [5, 5.41) is 0. The van der Waals surface area contributed by atoms with E-state index in [0.717, 1.165) is 0 Å². The van der Waals surface area contributed by atoms with Crippen LogP contribution in [-0.4, -0.2) is 42.1 Å². The molecular formula is C10H21ClN2O2. The van der Waals surface area contributed by atoms with E-state index in [9.17, 15) is 4.79 Å². The van der Waals surface area contributed by atoms with Crippen molar-refractivity contribution in [3.05, 3.63) is 0 Å². The van der Waals surface area contributed by atoms with Crippen LogP contribution in [0.25, 0.3) is 0 Å². The Morgan fingerprint density at radius 2 is 2.20 bits per heavy atom. The molecule has 2 unspecified atom stereocenters. The van der Waals surface area contributed by atoms with Crippen LogP contribution in [0.5, 0.6) is 0 Å². The number of ether oxygens (including phenoxy) is 1. The van der Waals surface area contributed by atoms with E-state index in [1.807, 2.05) is 25.7 Å². The van der Waals surface area contributed by atoms with Crippen molar-refractivity contribution in [1.29, 1.82) is 0 Å². The van der Waals surface area contributed by atoms with Gasteiger partial charge in [-0.25, -0.2) is 0 Å². The molecule has 1 fully saturated rings. The molecule has 90 valence electrons. The fourth-order valence-electron chi connectivity index (χ4n) is 1.60. The quantitative estimate of drug-likeness (QED) is 0.771. The van der Waals surface area contributed by atoms with Gasteiger partial charge in [0.15, 0.2) is 0 Å². The number of hydrogen-bond donors (Lipinski definition) is 1. The summed E-state index contributed by atoms with van der Waals surface area (Å²) >= 11 is 0. The molecule has 0 bridgehead atoms. The molecule has 0 aromatic heterocycles. The van der Waals surface area contributed by atoms with Gasteiger partial charge in [0.05, 0.1) is 24.8 Å². The van der Waals surface area contributed by atoms with Gasteiger partial charge in [0, 0.05) is 6.54 Å². The zero-order chi connectivity index (χ0) is 10.7. The second-order valence-electron chi connectivity index (χ2n) is 4.00. The third-order valence-electron chi connectivity index (χ3n) is 2.65. The zero-order valence-electron chi connectivity index (χ0n) is 9.60. The highest BCUT2D eigenvalue weighted by molar-refractivity contribution is 5.85. The summed E-state index contributed by atoms with van der Waals surface area (Å²) in [4.78, 5) is 13.7. The van der Waals surface area contributed by atoms with Gasteiger partial charge in [0.2, 0.25) is 5.91 Å². The van der Waals surface area contributed by atoms with Gasteiger partial charge >= 0.3 is 0 Å². The minimum absolute atomic E-state index is 0. The van der Waals surface area contributed by atoms with Gasteiger partial charge in [-0.2, -0.15) is 0 Å². The lowest BCUT2D eigenvalue weighted by atomic mass is 10.1. The molecule has 0 spiro atoms. The molecule has 0 aliphatic carbocycles. The molecule has 0 aromatic rings. The second-order valence-corrected chi connectivity index (χ2v) is 4.00. The summed E-state index contributed by atoms with van der Waals surface area (Å²) in [6.45, 7) is 7.17. The summed E-state index contributed by atoms with van der Waals surface area (Å²) < 4.78 is 5.45. The molecule has 0 saturated carbocycles. The molecule has 1 rings (SSSR count). The van der Waals surface area contributed by atoms with E-state index < -0.39 is 0 Å². The number of hydrogen-bond acceptors (Lipinski definition) is 3. The summed E-state index contributed by atoms with van der Waals surface area (Å²) in [6, 6.07) is -0.209. The van der Waals surface area contributed by atoms with Crippen LogP contribution in [0.1, 0.15) is 27.2 Å². The van der Waals surface area contributed by atoms with Gasteiger partial charge in [-0.3, -0.25) is 4.79 Å². The third kappa shape index (κ3) is 3.63. The van der Waals surface area contributed by atoms with Crippen LogP contribution in [0.4, 0.5) is 0 Å². The van der Waals surface area contributed by atoms with E-state index in [-0.39, 0.29) is 36.5 Å². The summed E-state index contributed by atoms with van der Waals surface area (Å²) in [7, 11) is 0. The first kappa shape index (κ1) is 14.7. The van der Waals surface area contributed by atoms with Crippen LogP contribution >= 0.6 is 12.4 Å². The first-order valence-corrected chi connectivity index (χ1v) is 5.24. The summed E-state index contributed by atoms with van der Waals surface area (Å²) in [5.74, 6) is 0.0511. The topological polar surface area (TPSA) is 55.6 Å². The maximum absolute atomic E-state index is 11.8. The Morgan fingerprint density at radius 3 is 2.73 bits per heavy atom. The predicted octanol–water partition coefficient (Wildman–Crippen LogP) is 0.781. The Morgan fingerprint density at radius 1 is 1.60 bits per heavy atom. The number of carbonyl (C=O) groups is 1. The van der Waals surface area contributed by atoms with Crippen LogP contribution in [0.3, 0.4) is 0 Å². The average molecular weight is 237 g/mol.